The van der Waals surface area contributed by atoms with Crippen LogP contribution in [0.5, 0.6) is 0 Å². The fraction of sp³-hybridized carbons (Fsp3) is 0. The molecule has 0 saturated carbocycles. The van der Waals surface area contributed by atoms with Crippen LogP contribution in [-0.2, 0) is 0 Å². The van der Waals surface area contributed by atoms with Gasteiger partial charge in [-0.15, -0.1) is 0 Å². The Morgan fingerprint density at radius 3 is 2.09 bits per heavy atom. The number of aromatic nitrogens is 2. The Morgan fingerprint density at radius 2 is 1.36 bits per heavy atom. The summed E-state index contributed by atoms with van der Waals surface area (Å²) < 4.78 is 0. The third kappa shape index (κ3) is 2.92. The van der Waals surface area contributed by atoms with Gasteiger partial charge < -0.3 is 16.0 Å². The molecule has 6 rings (SSSR count). The van der Waals surface area contributed by atoms with Gasteiger partial charge in [-0.3, -0.25) is 9.59 Å². The van der Waals surface area contributed by atoms with Crippen LogP contribution in [0.1, 0.15) is 31.8 Å². The van der Waals surface area contributed by atoms with Gasteiger partial charge in [0.25, 0.3) is 0 Å². The molecule has 0 unspecified atom stereocenters. The summed E-state index contributed by atoms with van der Waals surface area (Å²) in [6.45, 7) is 0. The lowest BCUT2D eigenvalue weighted by atomic mass is 9.81. The van der Waals surface area contributed by atoms with Gasteiger partial charge in [0, 0.05) is 22.4 Å². The highest BCUT2D eigenvalue weighted by Gasteiger charge is 2.35. The van der Waals surface area contributed by atoms with Gasteiger partial charge in [-0.25, -0.2) is 4.98 Å². The maximum absolute atomic E-state index is 13.5. The molecule has 1 aliphatic carbocycles. The number of aromatic amines is 1. The van der Waals surface area contributed by atoms with Crippen LogP contribution in [0.4, 0.5) is 17.1 Å². The largest absolute Gasteiger partial charge is 0.398 e. The van der Waals surface area contributed by atoms with E-state index < -0.39 is 0 Å². The highest BCUT2D eigenvalue weighted by Crippen LogP contribution is 2.41. The van der Waals surface area contributed by atoms with Crippen molar-refractivity contribution in [1.29, 1.82) is 0 Å². The summed E-state index contributed by atoms with van der Waals surface area (Å²) in [5, 5.41) is 3.31. The van der Waals surface area contributed by atoms with E-state index in [4.69, 9.17) is 5.73 Å². The van der Waals surface area contributed by atoms with Gasteiger partial charge >= 0.3 is 0 Å². The number of hydrogen-bond donors (Lipinski definition) is 3. The molecular weight excluding hydrogens is 412 g/mol. The molecular formula is C27H18N4O2. The summed E-state index contributed by atoms with van der Waals surface area (Å²) in [6, 6.07) is 25.8. The molecule has 0 saturated heterocycles. The number of anilines is 3. The van der Waals surface area contributed by atoms with E-state index in [0.717, 1.165) is 16.7 Å². The number of imidazole rings is 1. The molecule has 0 aliphatic heterocycles. The molecule has 0 radical (unpaired) electrons. The van der Waals surface area contributed by atoms with Gasteiger partial charge in [0.05, 0.1) is 33.5 Å². The van der Waals surface area contributed by atoms with Crippen molar-refractivity contribution < 1.29 is 9.59 Å². The van der Waals surface area contributed by atoms with Crippen molar-refractivity contribution in [3.05, 3.63) is 107 Å². The van der Waals surface area contributed by atoms with Gasteiger partial charge in [-0.05, 0) is 30.3 Å². The van der Waals surface area contributed by atoms with Crippen molar-refractivity contribution in [1.82, 2.24) is 9.97 Å². The predicted molar refractivity (Wildman–Crippen MR) is 129 cm³/mol. The molecule has 0 atom stereocenters. The lowest BCUT2D eigenvalue weighted by molar-refractivity contribution is 0.0980. The second kappa shape index (κ2) is 7.17. The van der Waals surface area contributed by atoms with Crippen molar-refractivity contribution in [2.75, 3.05) is 11.1 Å². The van der Waals surface area contributed by atoms with Gasteiger partial charge in [-0.2, -0.15) is 0 Å². The van der Waals surface area contributed by atoms with Crippen molar-refractivity contribution in [3.8, 4) is 11.4 Å². The maximum atomic E-state index is 13.5. The van der Waals surface area contributed by atoms with Crippen LogP contribution in [0.2, 0.25) is 0 Å². The number of H-pyrrole nitrogens is 1. The number of carbonyl (C=O) groups is 2. The second-order valence-corrected chi connectivity index (χ2v) is 7.93. The smallest absolute Gasteiger partial charge is 0.196 e. The van der Waals surface area contributed by atoms with E-state index in [-0.39, 0.29) is 28.4 Å². The van der Waals surface area contributed by atoms with Crippen LogP contribution in [0.3, 0.4) is 0 Å². The first-order valence-corrected chi connectivity index (χ1v) is 10.5. The Morgan fingerprint density at radius 1 is 0.727 bits per heavy atom. The quantitative estimate of drug-likeness (QED) is 0.329. The van der Waals surface area contributed by atoms with Gasteiger partial charge in [0.2, 0.25) is 0 Å². The van der Waals surface area contributed by atoms with Crippen LogP contribution in [-0.4, -0.2) is 21.5 Å². The Labute approximate surface area is 189 Å². The van der Waals surface area contributed by atoms with E-state index >= 15 is 0 Å². The summed E-state index contributed by atoms with van der Waals surface area (Å²) >= 11 is 0. The Bertz CT molecular complexity index is 1550. The summed E-state index contributed by atoms with van der Waals surface area (Å²) in [5.41, 5.74) is 11.5. The SMILES string of the molecule is Nc1c(-c2nc3ccccc3[nH]2)cc(Nc2ccccc2)c2c1C(=O)c1ccccc1C2=O. The summed E-state index contributed by atoms with van der Waals surface area (Å²) in [6.07, 6.45) is 0. The minimum Gasteiger partial charge on any atom is -0.398 e. The number of carbonyl (C=O) groups excluding carboxylic acids is 2. The van der Waals surface area contributed by atoms with E-state index in [0.29, 0.717) is 28.2 Å². The molecule has 158 valence electrons. The first kappa shape index (κ1) is 19.0. The molecule has 33 heavy (non-hydrogen) atoms. The van der Waals surface area contributed by atoms with Crippen molar-refractivity contribution in [2.45, 2.75) is 0 Å². The Hall–Kier alpha value is -4.71. The average molecular weight is 430 g/mol. The highest BCUT2D eigenvalue weighted by atomic mass is 16.1. The van der Waals surface area contributed by atoms with E-state index in [1.165, 1.54) is 0 Å². The summed E-state index contributed by atoms with van der Waals surface area (Å²) in [5.74, 6) is 0.0278. The standard InChI is InChI=1S/C27H18N4O2/c28-24-18(27-30-19-12-6-7-13-20(19)31-27)14-21(29-15-8-2-1-3-9-15)22-23(24)26(33)17-11-5-4-10-16(17)25(22)32/h1-14,29H,28H2,(H,30,31). The van der Waals surface area contributed by atoms with Crippen LogP contribution < -0.4 is 11.1 Å². The lowest BCUT2D eigenvalue weighted by Crippen LogP contribution is -2.24. The number of nitrogens with zero attached hydrogens (tertiary/aromatic N) is 1. The zero-order chi connectivity index (χ0) is 22.5. The molecule has 1 heterocycles. The maximum Gasteiger partial charge on any atom is 0.196 e. The third-order valence-electron chi connectivity index (χ3n) is 5.94. The van der Waals surface area contributed by atoms with Crippen LogP contribution in [0.25, 0.3) is 22.4 Å². The van der Waals surface area contributed by atoms with Gasteiger partial charge in [-0.1, -0.05) is 54.6 Å². The highest BCUT2D eigenvalue weighted by molar-refractivity contribution is 6.32. The fourth-order valence-electron chi connectivity index (χ4n) is 4.37. The minimum absolute atomic E-state index is 0.204. The second-order valence-electron chi connectivity index (χ2n) is 7.93. The number of fused-ring (bicyclic) bond motifs is 3. The number of hydrogen-bond acceptors (Lipinski definition) is 5. The third-order valence-corrected chi connectivity index (χ3v) is 5.94. The monoisotopic (exact) mass is 430 g/mol. The molecule has 1 aromatic heterocycles. The Balaban J connectivity index is 1.63. The minimum atomic E-state index is -0.272. The molecule has 4 aromatic carbocycles. The van der Waals surface area contributed by atoms with E-state index in [9.17, 15) is 9.59 Å². The number of para-hydroxylation sites is 3. The van der Waals surface area contributed by atoms with Gasteiger partial charge in [0.1, 0.15) is 5.82 Å². The van der Waals surface area contributed by atoms with Crippen molar-refractivity contribution in [3.63, 3.8) is 0 Å². The molecule has 1 aliphatic rings. The molecule has 5 aromatic rings. The molecule has 6 nitrogen and oxygen atoms in total. The number of nitrogens with two attached hydrogens (primary N) is 1. The normalized spacial score (nSPS) is 12.5. The Kier molecular flexibility index (Phi) is 4.13. The predicted octanol–water partition coefficient (Wildman–Crippen LogP) is 5.33. The number of rotatable bonds is 3. The summed E-state index contributed by atoms with van der Waals surface area (Å²) in [4.78, 5) is 35.0. The van der Waals surface area contributed by atoms with Crippen molar-refractivity contribution >= 4 is 39.7 Å². The number of benzene rings is 4. The van der Waals surface area contributed by atoms with Crippen LogP contribution >= 0.6 is 0 Å². The molecule has 0 amide bonds. The molecule has 0 spiro atoms. The lowest BCUT2D eigenvalue weighted by Gasteiger charge is -2.24. The van der Waals surface area contributed by atoms with Crippen molar-refractivity contribution in [2.24, 2.45) is 0 Å². The van der Waals surface area contributed by atoms with Crippen LogP contribution in [0.15, 0.2) is 84.9 Å². The molecule has 0 bridgehead atoms. The van der Waals surface area contributed by atoms with Gasteiger partial charge in [0.15, 0.2) is 11.6 Å². The first-order chi connectivity index (χ1) is 16.1. The molecule has 6 heteroatoms. The van der Waals surface area contributed by atoms with E-state index in [2.05, 4.69) is 15.3 Å². The fourth-order valence-corrected chi connectivity index (χ4v) is 4.37. The van der Waals surface area contributed by atoms with Crippen LogP contribution in [0, 0.1) is 0 Å². The number of ketones is 2. The average Bonchev–Trinajstić information content (AvgIpc) is 3.28. The number of nitrogen functional groups attached to an aromatic ring is 1. The first-order valence-electron chi connectivity index (χ1n) is 10.5. The zero-order valence-electron chi connectivity index (χ0n) is 17.4. The summed E-state index contributed by atoms with van der Waals surface area (Å²) in [7, 11) is 0. The molecule has 0 fully saturated rings. The zero-order valence-corrected chi connectivity index (χ0v) is 17.4. The number of nitrogens with one attached hydrogen (secondary N) is 2. The van der Waals surface area contributed by atoms with E-state index in [1.54, 1.807) is 30.3 Å². The van der Waals surface area contributed by atoms with E-state index in [1.807, 2.05) is 54.6 Å². The topological polar surface area (TPSA) is 101 Å². The molecule has 4 N–H and O–H groups in total.